The number of aromatic nitrogens is 5. The third kappa shape index (κ3) is 15.9. The molecule has 0 fully saturated rings. The lowest BCUT2D eigenvalue weighted by Gasteiger charge is -2.14. The van der Waals surface area contributed by atoms with E-state index < -0.39 is 115 Å². The molecule has 0 saturated heterocycles. The molecule has 0 amide bonds. The summed E-state index contributed by atoms with van der Waals surface area (Å²) in [4.78, 5) is 32.3. The molecule has 29 nitrogen and oxygen atoms in total. The molecule has 7 rings (SSSR count). The van der Waals surface area contributed by atoms with E-state index in [0.29, 0.717) is 66.4 Å². The molecule has 0 saturated carbocycles. The molecule has 7 aromatic rings. The molecule has 0 radical (unpaired) electrons. The van der Waals surface area contributed by atoms with Crippen LogP contribution in [0.1, 0.15) is 57.1 Å². The summed E-state index contributed by atoms with van der Waals surface area (Å²) in [5.41, 5.74) is -1.86. The van der Waals surface area contributed by atoms with E-state index in [1.165, 1.54) is 35.1 Å². The second-order valence-electron chi connectivity index (χ2n) is 16.1. The Hall–Kier alpha value is -7.28. The molecular weight excluding hydrogens is 1120 g/mol. The standard InChI is InChI=1S/C42H41N5O24S5/c48-38-37-35(22-30(68-73(53,54)55)23-36(37)66-39(40(38)71-76(62,63)64)27-15-18-33(69-74(56,57)58)34(21-27)70-75(59,60)61)65-25-28-24-46(45-44-28)19-9-5-3-1-2-4-6-10-20-47-41(43-32-12-8-7-11-31(32)42(47)49)26-13-16-29(17-14-26)67-72(50,51)52/h7-8,11-18,21-24H,1-6,9-10,19-20,25H2,(H,50,51,52)(H,53,54,55)(H,56,57,58)(H,59,60,61)(H,62,63,64). The third-order valence-electron chi connectivity index (χ3n) is 10.5. The van der Waals surface area contributed by atoms with Gasteiger partial charge >= 0.3 is 52.0 Å². The number of ether oxygens (including phenoxy) is 1. The molecule has 408 valence electrons. The van der Waals surface area contributed by atoms with Crippen molar-refractivity contribution in [2.45, 2.75) is 71.1 Å². The topological polar surface area (TPSA) is 423 Å². The second kappa shape index (κ2) is 22.9. The number of benzene rings is 4. The van der Waals surface area contributed by atoms with Gasteiger partial charge in [-0.1, -0.05) is 55.9 Å². The van der Waals surface area contributed by atoms with Crippen molar-refractivity contribution < 1.29 is 94.9 Å². The molecule has 3 heterocycles. The van der Waals surface area contributed by atoms with Crippen LogP contribution in [0.3, 0.4) is 0 Å². The summed E-state index contributed by atoms with van der Waals surface area (Å²) in [5, 5.41) is 7.82. The van der Waals surface area contributed by atoms with Crippen LogP contribution in [0.5, 0.6) is 34.5 Å². The number of aryl methyl sites for hydroxylation is 1. The molecule has 5 N–H and O–H groups in total. The van der Waals surface area contributed by atoms with Crippen molar-refractivity contribution >= 4 is 73.9 Å². The summed E-state index contributed by atoms with van der Waals surface area (Å²) in [6.07, 6.45) is 8.09. The van der Waals surface area contributed by atoms with E-state index in [9.17, 15) is 65.3 Å². The minimum atomic E-state index is -5.61. The summed E-state index contributed by atoms with van der Waals surface area (Å²) in [5.74, 6) is -5.79. The van der Waals surface area contributed by atoms with Gasteiger partial charge in [0.1, 0.15) is 40.6 Å². The van der Waals surface area contributed by atoms with Gasteiger partial charge in [-0.3, -0.25) is 41.6 Å². The lowest BCUT2D eigenvalue weighted by atomic mass is 10.1. The molecule has 76 heavy (non-hydrogen) atoms. The van der Waals surface area contributed by atoms with Gasteiger partial charge in [0.25, 0.3) is 5.56 Å². The maximum atomic E-state index is 14.0. The smallest absolute Gasteiger partial charge is 0.446 e. The molecule has 0 unspecified atom stereocenters. The average Bonchev–Trinajstić information content (AvgIpc) is 3.76. The first-order valence-corrected chi connectivity index (χ1v) is 28.7. The zero-order valence-corrected chi connectivity index (χ0v) is 42.7. The summed E-state index contributed by atoms with van der Waals surface area (Å²) < 4.78 is 199. The minimum absolute atomic E-state index is 0.119. The number of rotatable bonds is 26. The summed E-state index contributed by atoms with van der Waals surface area (Å²) in [6.45, 7) is 0.294. The Balaban J connectivity index is 0.975. The predicted octanol–water partition coefficient (Wildman–Crippen LogP) is 4.74. The van der Waals surface area contributed by atoms with Gasteiger partial charge in [-0.25, -0.2) is 4.98 Å². The predicted molar refractivity (Wildman–Crippen MR) is 262 cm³/mol. The van der Waals surface area contributed by atoms with Crippen molar-refractivity contribution in [1.82, 2.24) is 24.5 Å². The quantitative estimate of drug-likeness (QED) is 0.0361. The van der Waals surface area contributed by atoms with Gasteiger partial charge in [-0.05, 0) is 67.4 Å². The SMILES string of the molecule is O=c1c(OS(=O)(=O)O)c(-c2ccc(OS(=O)(=O)O)c(OS(=O)(=O)O)c2)oc2cc(OS(=O)(=O)O)cc(OCc3cn(CCCCCCCCCCn4c(-c5ccc(OS(=O)(=O)O)cc5)nc5ccccc5c4=O)nn3)c12. The van der Waals surface area contributed by atoms with E-state index in [-0.39, 0.29) is 17.0 Å². The maximum Gasteiger partial charge on any atom is 0.446 e. The van der Waals surface area contributed by atoms with Crippen molar-refractivity contribution in [3.63, 3.8) is 0 Å². The van der Waals surface area contributed by atoms with Crippen LogP contribution in [-0.4, -0.2) is 89.4 Å². The third-order valence-corrected chi connectivity index (χ3v) is 12.5. The van der Waals surface area contributed by atoms with Crippen molar-refractivity contribution in [3.8, 4) is 57.2 Å². The van der Waals surface area contributed by atoms with Crippen molar-refractivity contribution in [2.24, 2.45) is 0 Å². The summed E-state index contributed by atoms with van der Waals surface area (Å²) in [7, 11) is -26.5. The van der Waals surface area contributed by atoms with Gasteiger partial charge < -0.3 is 30.1 Å². The van der Waals surface area contributed by atoms with Gasteiger partial charge in [-0.15, -0.1) is 5.10 Å². The number of fused-ring (bicyclic) bond motifs is 2. The molecule has 4 aromatic carbocycles. The van der Waals surface area contributed by atoms with Gasteiger partial charge in [-0.2, -0.15) is 42.1 Å². The van der Waals surface area contributed by atoms with E-state index >= 15 is 0 Å². The van der Waals surface area contributed by atoms with Gasteiger partial charge in [0.05, 0.1) is 17.1 Å². The van der Waals surface area contributed by atoms with Crippen molar-refractivity contribution in [2.75, 3.05) is 0 Å². The van der Waals surface area contributed by atoms with E-state index in [1.54, 1.807) is 28.8 Å². The lowest BCUT2D eigenvalue weighted by molar-refractivity contribution is 0.302. The number of hydrogen-bond acceptors (Lipinski definition) is 22. The summed E-state index contributed by atoms with van der Waals surface area (Å²) in [6, 6.07) is 16.0. The first-order valence-electron chi connectivity index (χ1n) is 21.8. The molecule has 0 spiro atoms. The highest BCUT2D eigenvalue weighted by Crippen LogP contribution is 2.41. The fourth-order valence-corrected chi connectivity index (χ4v) is 9.33. The largest absolute Gasteiger partial charge is 0.486 e. The molecule has 0 aliphatic heterocycles. The fourth-order valence-electron chi connectivity index (χ4n) is 7.55. The van der Waals surface area contributed by atoms with E-state index in [4.69, 9.17) is 23.2 Å². The van der Waals surface area contributed by atoms with Crippen LogP contribution in [0, 0.1) is 0 Å². The molecule has 0 aliphatic rings. The molecule has 0 atom stereocenters. The van der Waals surface area contributed by atoms with Crippen LogP contribution in [0.25, 0.3) is 44.6 Å². The number of nitrogens with zero attached hydrogens (tertiary/aromatic N) is 5. The number of unbranched alkanes of at least 4 members (excludes halogenated alkanes) is 7. The fraction of sp³-hybridized carbons (Fsp3) is 0.262. The highest BCUT2D eigenvalue weighted by atomic mass is 32.3. The second-order valence-corrected chi connectivity index (χ2v) is 21.2. The summed E-state index contributed by atoms with van der Waals surface area (Å²) >= 11 is 0. The van der Waals surface area contributed by atoms with Gasteiger partial charge in [0, 0.05) is 36.3 Å². The monoisotopic (exact) mass is 1160 g/mol. The number of para-hydroxylation sites is 1. The van der Waals surface area contributed by atoms with Crippen LogP contribution >= 0.6 is 0 Å². The first kappa shape index (κ1) is 56.4. The van der Waals surface area contributed by atoms with Crippen LogP contribution in [0.4, 0.5) is 0 Å². The van der Waals surface area contributed by atoms with E-state index in [1.807, 2.05) is 0 Å². The highest BCUT2D eigenvalue weighted by Gasteiger charge is 2.28. The number of hydrogen-bond donors (Lipinski definition) is 5. The van der Waals surface area contributed by atoms with E-state index in [2.05, 4.69) is 31.2 Å². The van der Waals surface area contributed by atoms with Gasteiger partial charge in [0.2, 0.25) is 11.2 Å². The molecule has 0 bridgehead atoms. The highest BCUT2D eigenvalue weighted by molar-refractivity contribution is 7.82. The van der Waals surface area contributed by atoms with Crippen LogP contribution in [0.2, 0.25) is 0 Å². The Morgan fingerprint density at radius 2 is 1.12 bits per heavy atom. The zero-order valence-electron chi connectivity index (χ0n) is 38.6. The van der Waals surface area contributed by atoms with Gasteiger partial charge in [0.15, 0.2) is 23.0 Å². The van der Waals surface area contributed by atoms with Crippen molar-refractivity contribution in [3.05, 3.63) is 111 Å². The maximum absolute atomic E-state index is 14.0. The minimum Gasteiger partial charge on any atom is -0.486 e. The lowest BCUT2D eigenvalue weighted by Crippen LogP contribution is -2.23. The van der Waals surface area contributed by atoms with Crippen molar-refractivity contribution in [1.29, 1.82) is 0 Å². The normalized spacial score (nSPS) is 12.4. The Morgan fingerprint density at radius 1 is 0.553 bits per heavy atom. The van der Waals surface area contributed by atoms with Crippen LogP contribution in [0.15, 0.2) is 99.1 Å². The molecule has 0 aliphatic carbocycles. The molecule has 3 aromatic heterocycles. The Bertz CT molecular complexity index is 4020. The molecule has 34 heteroatoms. The average molecular weight is 1160 g/mol. The first-order chi connectivity index (χ1) is 35.6. The Kier molecular flexibility index (Phi) is 17.0. The zero-order chi connectivity index (χ0) is 55.2. The Labute approximate surface area is 430 Å². The Morgan fingerprint density at radius 3 is 1.75 bits per heavy atom. The van der Waals surface area contributed by atoms with Crippen LogP contribution in [-0.2, 0) is 71.7 Å². The molecular formula is C42H41N5O24S5. The van der Waals surface area contributed by atoms with Crippen LogP contribution < -0.4 is 36.6 Å². The van der Waals surface area contributed by atoms with E-state index in [0.717, 1.165) is 50.7 Å².